The zero-order valence-electron chi connectivity index (χ0n) is 18.2. The monoisotopic (exact) mass is 386 g/mol. The van der Waals surface area contributed by atoms with E-state index in [2.05, 4.69) is 24.8 Å². The Hall–Kier alpha value is -1.84. The maximum absolute atomic E-state index is 12.5. The van der Waals surface area contributed by atoms with Gasteiger partial charge in [-0.2, -0.15) is 0 Å². The summed E-state index contributed by atoms with van der Waals surface area (Å²) in [6, 6.07) is 7.91. The maximum Gasteiger partial charge on any atom is 0.222 e. The van der Waals surface area contributed by atoms with Crippen LogP contribution in [0.15, 0.2) is 24.3 Å². The van der Waals surface area contributed by atoms with Gasteiger partial charge in [0.05, 0.1) is 0 Å². The van der Waals surface area contributed by atoms with Crippen molar-refractivity contribution in [3.05, 3.63) is 29.8 Å². The molecule has 0 unspecified atom stereocenters. The van der Waals surface area contributed by atoms with Crippen molar-refractivity contribution in [3.8, 4) is 0 Å². The third-order valence-corrected chi connectivity index (χ3v) is 5.57. The lowest BCUT2D eigenvalue weighted by Gasteiger charge is -2.36. The van der Waals surface area contributed by atoms with Crippen LogP contribution < -0.4 is 4.90 Å². The first-order chi connectivity index (χ1) is 13.4. The molecular formula is C24H38N2O2. The topological polar surface area (TPSA) is 40.6 Å². The number of hydrogen-bond acceptors (Lipinski definition) is 3. The normalized spacial score (nSPS) is 14.8. The van der Waals surface area contributed by atoms with Crippen LogP contribution in [-0.2, 0) is 4.79 Å². The summed E-state index contributed by atoms with van der Waals surface area (Å²) in [6.45, 7) is 11.6. The molecule has 2 rings (SSSR count). The predicted octanol–water partition coefficient (Wildman–Crippen LogP) is 5.17. The summed E-state index contributed by atoms with van der Waals surface area (Å²) in [5.74, 6) is 1.27. The highest BCUT2D eigenvalue weighted by Crippen LogP contribution is 2.20. The van der Waals surface area contributed by atoms with Crippen LogP contribution in [0, 0.1) is 11.8 Å². The Kier molecular flexibility index (Phi) is 9.01. The summed E-state index contributed by atoms with van der Waals surface area (Å²) in [4.78, 5) is 29.0. The summed E-state index contributed by atoms with van der Waals surface area (Å²) in [7, 11) is 0. The van der Waals surface area contributed by atoms with E-state index in [1.165, 1.54) is 19.3 Å². The largest absolute Gasteiger partial charge is 0.368 e. The van der Waals surface area contributed by atoms with Gasteiger partial charge in [-0.15, -0.1) is 0 Å². The average Bonchev–Trinajstić information content (AvgIpc) is 2.69. The van der Waals surface area contributed by atoms with Crippen molar-refractivity contribution in [2.45, 2.75) is 66.2 Å². The van der Waals surface area contributed by atoms with Gasteiger partial charge in [0.25, 0.3) is 0 Å². The molecule has 0 radical (unpaired) electrons. The lowest BCUT2D eigenvalue weighted by molar-refractivity contribution is -0.131. The van der Waals surface area contributed by atoms with Gasteiger partial charge >= 0.3 is 0 Å². The van der Waals surface area contributed by atoms with E-state index in [1.807, 2.05) is 36.9 Å². The molecule has 1 saturated heterocycles. The molecule has 0 N–H and O–H groups in total. The van der Waals surface area contributed by atoms with E-state index in [0.29, 0.717) is 12.3 Å². The molecule has 0 saturated carbocycles. The molecule has 4 nitrogen and oxygen atoms in total. The number of piperazine rings is 1. The van der Waals surface area contributed by atoms with E-state index in [1.54, 1.807) is 0 Å². The zero-order chi connectivity index (χ0) is 20.5. The number of anilines is 1. The van der Waals surface area contributed by atoms with Crippen molar-refractivity contribution in [2.24, 2.45) is 11.8 Å². The van der Waals surface area contributed by atoms with Crippen LogP contribution in [-0.4, -0.2) is 42.8 Å². The minimum absolute atomic E-state index is 0.00934. The van der Waals surface area contributed by atoms with Crippen molar-refractivity contribution in [1.82, 2.24) is 4.90 Å². The second kappa shape index (κ2) is 11.2. The van der Waals surface area contributed by atoms with Crippen LogP contribution in [0.2, 0.25) is 0 Å². The number of nitrogens with zero attached hydrogens (tertiary/aromatic N) is 2. The number of ketones is 1. The second-order valence-electron chi connectivity index (χ2n) is 8.78. The molecule has 1 amide bonds. The SMILES string of the molecule is CC(C)CCCCCCC(=O)N1CCN(c2cccc(C(=O)C(C)C)c2)CC1. The van der Waals surface area contributed by atoms with Crippen molar-refractivity contribution >= 4 is 17.4 Å². The maximum atomic E-state index is 12.5. The first-order valence-electron chi connectivity index (χ1n) is 11.1. The second-order valence-corrected chi connectivity index (χ2v) is 8.78. The molecule has 4 heteroatoms. The molecule has 156 valence electrons. The van der Waals surface area contributed by atoms with Gasteiger partial charge in [-0.1, -0.05) is 65.5 Å². The third kappa shape index (κ3) is 6.96. The molecule has 28 heavy (non-hydrogen) atoms. The van der Waals surface area contributed by atoms with Crippen LogP contribution >= 0.6 is 0 Å². The minimum atomic E-state index is 0.00934. The molecule has 1 heterocycles. The zero-order valence-corrected chi connectivity index (χ0v) is 18.2. The quantitative estimate of drug-likeness (QED) is 0.411. The molecule has 1 aromatic carbocycles. The van der Waals surface area contributed by atoms with Crippen LogP contribution in [0.4, 0.5) is 5.69 Å². The van der Waals surface area contributed by atoms with Gasteiger partial charge in [-0.25, -0.2) is 0 Å². The molecule has 1 fully saturated rings. The highest BCUT2D eigenvalue weighted by atomic mass is 16.2. The van der Waals surface area contributed by atoms with Crippen molar-refractivity contribution < 1.29 is 9.59 Å². The van der Waals surface area contributed by atoms with Gasteiger partial charge in [-0.05, 0) is 24.5 Å². The number of Topliss-reactive ketones (excluding diaryl/α,β-unsaturated/α-hetero) is 1. The first-order valence-corrected chi connectivity index (χ1v) is 11.1. The lowest BCUT2D eigenvalue weighted by Crippen LogP contribution is -2.48. The summed E-state index contributed by atoms with van der Waals surface area (Å²) < 4.78 is 0. The molecule has 0 spiro atoms. The summed E-state index contributed by atoms with van der Waals surface area (Å²) in [6.07, 6.45) is 6.67. The standard InChI is InChI=1S/C24H38N2O2/c1-19(2)10-7-5-6-8-13-23(27)26-16-14-25(15-17-26)22-12-9-11-21(18-22)24(28)20(3)4/h9,11-12,18-20H,5-8,10,13-17H2,1-4H3. The smallest absolute Gasteiger partial charge is 0.222 e. The van der Waals surface area contributed by atoms with Crippen molar-refractivity contribution in [3.63, 3.8) is 0 Å². The van der Waals surface area contributed by atoms with Gasteiger partial charge in [0.2, 0.25) is 5.91 Å². The first kappa shape index (κ1) is 22.4. The highest BCUT2D eigenvalue weighted by Gasteiger charge is 2.21. The molecule has 0 atom stereocenters. The third-order valence-electron chi connectivity index (χ3n) is 5.57. The number of carbonyl (C=O) groups excluding carboxylic acids is 2. The Balaban J connectivity index is 1.74. The molecule has 0 aliphatic carbocycles. The van der Waals surface area contributed by atoms with Crippen molar-refractivity contribution in [2.75, 3.05) is 31.1 Å². The van der Waals surface area contributed by atoms with Gasteiger partial charge in [-0.3, -0.25) is 9.59 Å². The van der Waals surface area contributed by atoms with E-state index in [4.69, 9.17) is 0 Å². The number of benzene rings is 1. The van der Waals surface area contributed by atoms with E-state index >= 15 is 0 Å². The summed E-state index contributed by atoms with van der Waals surface area (Å²) >= 11 is 0. The number of rotatable bonds is 10. The molecular weight excluding hydrogens is 348 g/mol. The van der Waals surface area contributed by atoms with Crippen LogP contribution in [0.3, 0.4) is 0 Å². The Labute approximate surface area is 171 Å². The van der Waals surface area contributed by atoms with E-state index < -0.39 is 0 Å². The van der Waals surface area contributed by atoms with E-state index in [-0.39, 0.29) is 11.7 Å². The summed E-state index contributed by atoms with van der Waals surface area (Å²) in [5, 5.41) is 0. The molecule has 1 aromatic rings. The number of unbranched alkanes of at least 4 members (excludes halogenated alkanes) is 3. The number of amides is 1. The Morgan fingerprint density at radius 2 is 1.61 bits per heavy atom. The highest BCUT2D eigenvalue weighted by molar-refractivity contribution is 5.98. The van der Waals surface area contributed by atoms with E-state index in [0.717, 1.165) is 56.2 Å². The summed E-state index contributed by atoms with van der Waals surface area (Å²) in [5.41, 5.74) is 1.87. The molecule has 1 aliphatic rings. The lowest BCUT2D eigenvalue weighted by atomic mass is 10.0. The average molecular weight is 387 g/mol. The predicted molar refractivity (Wildman–Crippen MR) is 117 cm³/mol. The fourth-order valence-corrected chi connectivity index (χ4v) is 3.74. The fraction of sp³-hybridized carbons (Fsp3) is 0.667. The minimum Gasteiger partial charge on any atom is -0.368 e. The molecule has 0 aromatic heterocycles. The van der Waals surface area contributed by atoms with Gasteiger partial charge in [0.1, 0.15) is 0 Å². The van der Waals surface area contributed by atoms with Crippen molar-refractivity contribution in [1.29, 1.82) is 0 Å². The van der Waals surface area contributed by atoms with Crippen LogP contribution in [0.1, 0.15) is 76.6 Å². The van der Waals surface area contributed by atoms with E-state index in [9.17, 15) is 9.59 Å². The Morgan fingerprint density at radius 1 is 0.929 bits per heavy atom. The van der Waals surface area contributed by atoms with Crippen LogP contribution in [0.25, 0.3) is 0 Å². The Morgan fingerprint density at radius 3 is 2.25 bits per heavy atom. The Bertz CT molecular complexity index is 631. The van der Waals surface area contributed by atoms with Gasteiger partial charge < -0.3 is 9.80 Å². The van der Waals surface area contributed by atoms with Gasteiger partial charge in [0, 0.05) is 49.8 Å². The van der Waals surface area contributed by atoms with Crippen LogP contribution in [0.5, 0.6) is 0 Å². The number of hydrogen-bond donors (Lipinski definition) is 0. The number of carbonyl (C=O) groups is 2. The fourth-order valence-electron chi connectivity index (χ4n) is 3.74. The molecule has 0 bridgehead atoms. The van der Waals surface area contributed by atoms with Gasteiger partial charge in [0.15, 0.2) is 5.78 Å². The molecule has 1 aliphatic heterocycles.